The maximum Gasteiger partial charge on any atom is 0.0730 e. The van der Waals surface area contributed by atoms with Crippen molar-refractivity contribution < 1.29 is 0 Å². The van der Waals surface area contributed by atoms with E-state index in [0.29, 0.717) is 6.54 Å². The lowest BCUT2D eigenvalue weighted by Crippen LogP contribution is -2.22. The van der Waals surface area contributed by atoms with E-state index in [4.69, 9.17) is 0 Å². The van der Waals surface area contributed by atoms with Crippen LogP contribution in [-0.4, -0.2) is 11.7 Å². The molecule has 38 valence electrons. The quantitative estimate of drug-likeness (QED) is 0.470. The van der Waals surface area contributed by atoms with Crippen molar-refractivity contribution in [2.75, 3.05) is 6.54 Å². The number of nitrogens with one attached hydrogen (secondary N) is 1. The molecule has 0 saturated heterocycles. The van der Waals surface area contributed by atoms with E-state index in [0.717, 1.165) is 5.12 Å². The second kappa shape index (κ2) is 1.70. The SMILES string of the molecule is O=NN1C=CCN1. The molecule has 0 aromatic heterocycles. The molecule has 0 amide bonds. The zero-order valence-electron chi connectivity index (χ0n) is 3.66. The van der Waals surface area contributed by atoms with Crippen molar-refractivity contribution in [3.63, 3.8) is 0 Å². The molecule has 0 radical (unpaired) electrons. The summed E-state index contributed by atoms with van der Waals surface area (Å²) in [7, 11) is 0. The van der Waals surface area contributed by atoms with Crippen molar-refractivity contribution in [3.05, 3.63) is 17.2 Å². The Balaban J connectivity index is 2.42. The zero-order valence-corrected chi connectivity index (χ0v) is 3.66. The predicted octanol–water partition coefficient (Wildman–Crippen LogP) is 0.00170. The van der Waals surface area contributed by atoms with Crippen LogP contribution in [0, 0.1) is 4.91 Å². The summed E-state index contributed by atoms with van der Waals surface area (Å²) in [6.45, 7) is 0.700. The third kappa shape index (κ3) is 0.747. The Morgan fingerprint density at radius 2 is 2.71 bits per heavy atom. The van der Waals surface area contributed by atoms with Gasteiger partial charge in [-0.3, -0.25) is 0 Å². The maximum atomic E-state index is 9.57. The van der Waals surface area contributed by atoms with Crippen molar-refractivity contribution in [1.82, 2.24) is 10.5 Å². The summed E-state index contributed by atoms with van der Waals surface area (Å²) in [5.74, 6) is 0. The molecule has 0 aliphatic carbocycles. The molecule has 0 aromatic rings. The highest BCUT2D eigenvalue weighted by molar-refractivity contribution is 4.86. The smallest absolute Gasteiger partial charge is 0.0730 e. The van der Waals surface area contributed by atoms with Gasteiger partial charge in [-0.25, -0.2) is 5.43 Å². The molecule has 0 spiro atoms. The number of hydrogen-bond acceptors (Lipinski definition) is 3. The molecule has 1 aliphatic heterocycles. The van der Waals surface area contributed by atoms with Crippen molar-refractivity contribution in [1.29, 1.82) is 0 Å². The number of hydrazine groups is 1. The minimum Gasteiger partial charge on any atom is -0.207 e. The van der Waals surface area contributed by atoms with Crippen LogP contribution in [0.2, 0.25) is 0 Å². The Labute approximate surface area is 40.7 Å². The van der Waals surface area contributed by atoms with E-state index in [1.54, 1.807) is 12.3 Å². The van der Waals surface area contributed by atoms with Crippen molar-refractivity contribution >= 4 is 0 Å². The summed E-state index contributed by atoms with van der Waals surface area (Å²) in [6, 6.07) is 0. The van der Waals surface area contributed by atoms with Crippen LogP contribution in [0.1, 0.15) is 0 Å². The van der Waals surface area contributed by atoms with Gasteiger partial charge in [-0.2, -0.15) is 5.12 Å². The van der Waals surface area contributed by atoms with E-state index in [9.17, 15) is 4.91 Å². The summed E-state index contributed by atoms with van der Waals surface area (Å²) < 4.78 is 0. The van der Waals surface area contributed by atoms with Gasteiger partial charge < -0.3 is 0 Å². The van der Waals surface area contributed by atoms with Crippen molar-refractivity contribution in [2.45, 2.75) is 0 Å². The molecule has 0 saturated carbocycles. The van der Waals surface area contributed by atoms with Crippen LogP contribution in [0.4, 0.5) is 0 Å². The van der Waals surface area contributed by atoms with E-state index < -0.39 is 0 Å². The summed E-state index contributed by atoms with van der Waals surface area (Å²) in [4.78, 5) is 9.57. The average molecular weight is 99.1 g/mol. The van der Waals surface area contributed by atoms with Crippen LogP contribution in [-0.2, 0) is 0 Å². The molecular weight excluding hydrogens is 94.1 g/mol. The van der Waals surface area contributed by atoms with Gasteiger partial charge in [0.15, 0.2) is 0 Å². The first-order chi connectivity index (χ1) is 3.43. The van der Waals surface area contributed by atoms with Crippen LogP contribution in [0.25, 0.3) is 0 Å². The molecule has 0 bridgehead atoms. The fourth-order valence-electron chi connectivity index (χ4n) is 0.408. The zero-order chi connectivity index (χ0) is 5.11. The van der Waals surface area contributed by atoms with Gasteiger partial charge in [-0.1, -0.05) is 0 Å². The van der Waals surface area contributed by atoms with Gasteiger partial charge in [0.1, 0.15) is 0 Å². The van der Waals surface area contributed by atoms with E-state index in [-0.39, 0.29) is 0 Å². The Kier molecular flexibility index (Phi) is 1.04. The standard InChI is InChI=1S/C3H5N3O/c7-5-6-3-1-2-4-6/h1,3-4H,2H2. The van der Waals surface area contributed by atoms with E-state index >= 15 is 0 Å². The number of nitroso groups, excluding NO2 is 1. The highest BCUT2D eigenvalue weighted by Gasteiger charge is 1.98. The lowest BCUT2D eigenvalue weighted by Gasteiger charge is -1.99. The molecule has 1 aliphatic rings. The van der Waals surface area contributed by atoms with Gasteiger partial charge in [-0.15, -0.1) is 4.91 Å². The number of nitrogens with zero attached hydrogens (tertiary/aromatic N) is 2. The Bertz CT molecular complexity index is 100. The van der Waals surface area contributed by atoms with Gasteiger partial charge in [0, 0.05) is 12.7 Å². The van der Waals surface area contributed by atoms with Crippen LogP contribution < -0.4 is 5.43 Å². The maximum absolute atomic E-state index is 9.57. The van der Waals surface area contributed by atoms with Gasteiger partial charge in [0.05, 0.1) is 5.29 Å². The van der Waals surface area contributed by atoms with Crippen LogP contribution in [0.15, 0.2) is 17.6 Å². The summed E-state index contributed by atoms with van der Waals surface area (Å²) >= 11 is 0. The Morgan fingerprint density at radius 3 is 3.00 bits per heavy atom. The predicted molar refractivity (Wildman–Crippen MR) is 24.8 cm³/mol. The van der Waals surface area contributed by atoms with Crippen LogP contribution >= 0.6 is 0 Å². The van der Waals surface area contributed by atoms with Crippen molar-refractivity contribution in [3.8, 4) is 0 Å². The highest BCUT2D eigenvalue weighted by atomic mass is 16.3. The van der Waals surface area contributed by atoms with Crippen molar-refractivity contribution in [2.24, 2.45) is 5.29 Å². The van der Waals surface area contributed by atoms with E-state index in [1.165, 1.54) is 0 Å². The third-order valence-corrected chi connectivity index (χ3v) is 0.706. The molecule has 4 heteroatoms. The minimum atomic E-state index is 0.700. The molecule has 0 atom stereocenters. The fourth-order valence-corrected chi connectivity index (χ4v) is 0.408. The van der Waals surface area contributed by atoms with Gasteiger partial charge in [-0.05, 0) is 6.08 Å². The van der Waals surface area contributed by atoms with Gasteiger partial charge in [0.2, 0.25) is 0 Å². The molecule has 1 N–H and O–H groups in total. The van der Waals surface area contributed by atoms with Gasteiger partial charge >= 0.3 is 0 Å². The van der Waals surface area contributed by atoms with Gasteiger partial charge in [0.25, 0.3) is 0 Å². The second-order valence-electron chi connectivity index (χ2n) is 1.17. The highest BCUT2D eigenvalue weighted by Crippen LogP contribution is 1.89. The third-order valence-electron chi connectivity index (χ3n) is 0.706. The first-order valence-electron chi connectivity index (χ1n) is 1.96. The van der Waals surface area contributed by atoms with Crippen LogP contribution in [0.5, 0.6) is 0 Å². The largest absolute Gasteiger partial charge is 0.207 e. The lowest BCUT2D eigenvalue weighted by molar-refractivity contribution is 0.319. The first-order valence-corrected chi connectivity index (χ1v) is 1.96. The Morgan fingerprint density at radius 1 is 1.86 bits per heavy atom. The molecule has 1 rings (SSSR count). The Hall–Kier alpha value is -0.900. The molecular formula is C3H5N3O. The molecule has 7 heavy (non-hydrogen) atoms. The topological polar surface area (TPSA) is 44.7 Å². The lowest BCUT2D eigenvalue weighted by atomic mass is 10.7. The fraction of sp³-hybridized carbons (Fsp3) is 0.333. The summed E-state index contributed by atoms with van der Waals surface area (Å²) in [5.41, 5.74) is 2.65. The second-order valence-corrected chi connectivity index (χ2v) is 1.17. The molecule has 4 nitrogen and oxygen atoms in total. The summed E-state index contributed by atoms with van der Waals surface area (Å²) in [5, 5.41) is 3.70. The number of rotatable bonds is 1. The van der Waals surface area contributed by atoms with E-state index in [2.05, 4.69) is 10.7 Å². The molecule has 0 aromatic carbocycles. The monoisotopic (exact) mass is 99.0 g/mol. The molecule has 0 unspecified atom stereocenters. The molecule has 0 fully saturated rings. The average Bonchev–Trinajstić information content (AvgIpc) is 2.14. The summed E-state index contributed by atoms with van der Waals surface area (Å²) in [6.07, 6.45) is 3.38. The van der Waals surface area contributed by atoms with Crippen LogP contribution in [0.3, 0.4) is 0 Å². The van der Waals surface area contributed by atoms with E-state index in [1.807, 2.05) is 0 Å². The first kappa shape index (κ1) is 4.26. The normalized spacial score (nSPS) is 18.0. The molecule has 1 heterocycles. The minimum absolute atomic E-state index is 0.700. The number of hydrogen-bond donors (Lipinski definition) is 1.